The van der Waals surface area contributed by atoms with Crippen molar-refractivity contribution in [3.05, 3.63) is 30.5 Å². The van der Waals surface area contributed by atoms with Crippen molar-refractivity contribution in [1.29, 1.82) is 10.5 Å². The molecule has 0 aliphatic heterocycles. The average Bonchev–Trinajstić information content (AvgIpc) is 2.79. The number of benzene rings is 1. The van der Waals surface area contributed by atoms with E-state index in [1.165, 1.54) is 0 Å². The normalized spacial score (nSPS) is 9.12. The Bertz CT molecular complexity index is 608. The van der Waals surface area contributed by atoms with Gasteiger partial charge < -0.3 is 4.98 Å². The number of aromatic amines is 1. The van der Waals surface area contributed by atoms with Crippen molar-refractivity contribution in [3.8, 4) is 12.1 Å². The van der Waals surface area contributed by atoms with Gasteiger partial charge in [0.1, 0.15) is 12.1 Å². The van der Waals surface area contributed by atoms with Gasteiger partial charge in [0, 0.05) is 17.1 Å². The van der Waals surface area contributed by atoms with Crippen LogP contribution < -0.4 is 5.43 Å². The molecule has 0 unspecified atom stereocenters. The van der Waals surface area contributed by atoms with Crippen molar-refractivity contribution in [2.45, 2.75) is 0 Å². The first-order chi connectivity index (χ1) is 7.85. The maximum Gasteiger partial charge on any atom is 0.237 e. The van der Waals surface area contributed by atoms with Crippen LogP contribution in [0.25, 0.3) is 10.9 Å². The molecule has 16 heavy (non-hydrogen) atoms. The molecule has 76 valence electrons. The monoisotopic (exact) mass is 209 g/mol. The van der Waals surface area contributed by atoms with Crippen LogP contribution in [0.15, 0.2) is 35.6 Å². The third kappa shape index (κ3) is 1.70. The molecule has 0 saturated heterocycles. The molecule has 2 aromatic rings. The summed E-state index contributed by atoms with van der Waals surface area (Å²) in [4.78, 5) is 3.06. The van der Waals surface area contributed by atoms with Crippen molar-refractivity contribution < 1.29 is 0 Å². The van der Waals surface area contributed by atoms with Crippen LogP contribution in [-0.4, -0.2) is 10.7 Å². The Morgan fingerprint density at radius 1 is 1.25 bits per heavy atom. The summed E-state index contributed by atoms with van der Waals surface area (Å²) in [5.74, 6) is 0. The lowest BCUT2D eigenvalue weighted by molar-refractivity contribution is 1.35. The number of rotatable bonds is 2. The van der Waals surface area contributed by atoms with E-state index in [-0.39, 0.29) is 5.71 Å². The molecule has 1 heterocycles. The van der Waals surface area contributed by atoms with E-state index >= 15 is 0 Å². The number of aromatic nitrogens is 1. The summed E-state index contributed by atoms with van der Waals surface area (Å²) in [6.07, 6.45) is 1.81. The molecule has 0 amide bonds. The molecule has 1 aromatic carbocycles. The number of anilines is 1. The van der Waals surface area contributed by atoms with Crippen molar-refractivity contribution in [1.82, 2.24) is 4.98 Å². The van der Waals surface area contributed by atoms with Crippen molar-refractivity contribution in [3.63, 3.8) is 0 Å². The molecule has 2 N–H and O–H groups in total. The quantitative estimate of drug-likeness (QED) is 0.585. The third-order valence-electron chi connectivity index (χ3n) is 2.09. The molecule has 2 rings (SSSR count). The molecule has 5 heteroatoms. The summed E-state index contributed by atoms with van der Waals surface area (Å²) in [6, 6.07) is 10.9. The lowest BCUT2D eigenvalue weighted by Crippen LogP contribution is -1.96. The van der Waals surface area contributed by atoms with Crippen LogP contribution in [0.1, 0.15) is 0 Å². The van der Waals surface area contributed by atoms with Gasteiger partial charge in [-0.25, -0.2) is 0 Å². The number of H-pyrrole nitrogens is 1. The van der Waals surface area contributed by atoms with Crippen LogP contribution in [0.4, 0.5) is 5.69 Å². The van der Waals surface area contributed by atoms with Gasteiger partial charge >= 0.3 is 0 Å². The zero-order valence-corrected chi connectivity index (χ0v) is 8.23. The Morgan fingerprint density at radius 3 is 2.81 bits per heavy atom. The summed E-state index contributed by atoms with van der Waals surface area (Å²) < 4.78 is 0. The minimum absolute atomic E-state index is 0.201. The van der Waals surface area contributed by atoms with E-state index in [9.17, 15) is 0 Å². The largest absolute Gasteiger partial charge is 0.361 e. The second-order valence-corrected chi connectivity index (χ2v) is 3.04. The first kappa shape index (κ1) is 9.75. The molecule has 0 spiro atoms. The molecule has 0 saturated carbocycles. The van der Waals surface area contributed by atoms with E-state index in [0.29, 0.717) is 0 Å². The predicted molar refractivity (Wildman–Crippen MR) is 60.6 cm³/mol. The van der Waals surface area contributed by atoms with Gasteiger partial charge in [0.05, 0.1) is 5.69 Å². The number of nitrogens with one attached hydrogen (secondary N) is 2. The highest BCUT2D eigenvalue weighted by Gasteiger charge is 2.00. The Balaban J connectivity index is 2.36. The molecule has 5 nitrogen and oxygen atoms in total. The van der Waals surface area contributed by atoms with Gasteiger partial charge in [-0.15, -0.1) is 0 Å². The molecule has 0 radical (unpaired) electrons. The van der Waals surface area contributed by atoms with Crippen molar-refractivity contribution in [2.75, 3.05) is 5.43 Å². The van der Waals surface area contributed by atoms with E-state index in [4.69, 9.17) is 10.5 Å². The van der Waals surface area contributed by atoms with Crippen molar-refractivity contribution in [2.24, 2.45) is 5.10 Å². The first-order valence-electron chi connectivity index (χ1n) is 4.55. The summed E-state index contributed by atoms with van der Waals surface area (Å²) >= 11 is 0. The van der Waals surface area contributed by atoms with Gasteiger partial charge in [0.15, 0.2) is 0 Å². The average molecular weight is 209 g/mol. The predicted octanol–water partition coefficient (Wildman–Crippen LogP) is 1.98. The van der Waals surface area contributed by atoms with Crippen LogP contribution in [0, 0.1) is 22.7 Å². The number of hydrogen-bond acceptors (Lipinski definition) is 4. The van der Waals surface area contributed by atoms with E-state index in [1.54, 1.807) is 12.1 Å². The summed E-state index contributed by atoms with van der Waals surface area (Å²) in [7, 11) is 0. The first-order valence-corrected chi connectivity index (χ1v) is 4.55. The fourth-order valence-corrected chi connectivity index (χ4v) is 1.37. The number of nitriles is 2. The minimum Gasteiger partial charge on any atom is -0.361 e. The maximum absolute atomic E-state index is 8.53. The van der Waals surface area contributed by atoms with E-state index in [0.717, 1.165) is 16.6 Å². The second kappa shape index (κ2) is 4.16. The van der Waals surface area contributed by atoms with Crippen LogP contribution in [0.5, 0.6) is 0 Å². The third-order valence-corrected chi connectivity index (χ3v) is 2.09. The van der Waals surface area contributed by atoms with Crippen LogP contribution in [0.2, 0.25) is 0 Å². The van der Waals surface area contributed by atoms with Gasteiger partial charge in [0.2, 0.25) is 5.71 Å². The zero-order valence-electron chi connectivity index (χ0n) is 8.23. The molecule has 0 atom stereocenters. The molecule has 0 fully saturated rings. The summed E-state index contributed by atoms with van der Waals surface area (Å²) in [5.41, 5.74) is 4.22. The minimum atomic E-state index is -0.201. The van der Waals surface area contributed by atoms with Gasteiger partial charge in [-0.3, -0.25) is 5.43 Å². The molecule has 0 aliphatic rings. The number of hydrogen-bond donors (Lipinski definition) is 2. The van der Waals surface area contributed by atoms with Gasteiger partial charge in [-0.05, 0) is 18.2 Å². The smallest absolute Gasteiger partial charge is 0.237 e. The van der Waals surface area contributed by atoms with Gasteiger partial charge in [-0.1, -0.05) is 6.07 Å². The second-order valence-electron chi connectivity index (χ2n) is 3.04. The Kier molecular flexibility index (Phi) is 2.53. The maximum atomic E-state index is 8.53. The Hall–Kier alpha value is -2.79. The Morgan fingerprint density at radius 2 is 2.06 bits per heavy atom. The molecule has 0 bridgehead atoms. The Labute approximate surface area is 91.6 Å². The fraction of sp³-hybridized carbons (Fsp3) is 0. The highest BCUT2D eigenvalue weighted by Crippen LogP contribution is 2.21. The van der Waals surface area contributed by atoms with Crippen molar-refractivity contribution >= 4 is 22.3 Å². The molecular formula is C11H7N5. The van der Waals surface area contributed by atoms with E-state index in [1.807, 2.05) is 30.5 Å². The lowest BCUT2D eigenvalue weighted by Gasteiger charge is -2.00. The fourth-order valence-electron chi connectivity index (χ4n) is 1.37. The standard InChI is InChI=1S/C11H7N5/c12-6-8(7-13)15-16-11-3-1-2-10-9(11)4-5-14-10/h1-5,14,16H. The van der Waals surface area contributed by atoms with Crippen LogP contribution >= 0.6 is 0 Å². The molecule has 0 aliphatic carbocycles. The lowest BCUT2D eigenvalue weighted by atomic mass is 10.2. The zero-order chi connectivity index (χ0) is 11.4. The van der Waals surface area contributed by atoms with E-state index < -0.39 is 0 Å². The van der Waals surface area contributed by atoms with E-state index in [2.05, 4.69) is 15.5 Å². The number of hydrazone groups is 1. The topological polar surface area (TPSA) is 87.8 Å². The highest BCUT2D eigenvalue weighted by molar-refractivity contribution is 6.10. The molecule has 1 aromatic heterocycles. The SMILES string of the molecule is N#CC(C#N)=NNc1cccc2[nH]ccc12. The van der Waals surface area contributed by atoms with Gasteiger partial charge in [0.25, 0.3) is 0 Å². The molecular weight excluding hydrogens is 202 g/mol. The van der Waals surface area contributed by atoms with Crippen LogP contribution in [0.3, 0.4) is 0 Å². The van der Waals surface area contributed by atoms with Gasteiger partial charge in [-0.2, -0.15) is 15.6 Å². The summed E-state index contributed by atoms with van der Waals surface area (Å²) in [6.45, 7) is 0. The van der Waals surface area contributed by atoms with Crippen LogP contribution in [-0.2, 0) is 0 Å². The number of fused-ring (bicyclic) bond motifs is 1. The summed E-state index contributed by atoms with van der Waals surface area (Å²) in [5, 5.41) is 21.7. The number of nitrogens with zero attached hydrogens (tertiary/aromatic N) is 3. The highest BCUT2D eigenvalue weighted by atomic mass is 15.3.